The van der Waals surface area contributed by atoms with Crippen molar-refractivity contribution in [3.8, 4) is 5.75 Å². The minimum atomic E-state index is -3.21. The standard InChI is InChI=1S/C18H22N2O4S/c1-25(22,23)17-10-8-16(9-11-17)24-12-2-3-18(21)20-15-6-4-14(13-19)5-7-15/h4-11H,2-3,12-13,19H2,1H3,(H,20,21). The quantitative estimate of drug-likeness (QED) is 0.702. The molecular weight excluding hydrogens is 340 g/mol. The molecule has 0 aromatic heterocycles. The third kappa shape index (κ3) is 6.21. The molecule has 2 rings (SSSR count). The van der Waals surface area contributed by atoms with E-state index in [-0.39, 0.29) is 10.8 Å². The molecule has 2 aromatic rings. The lowest BCUT2D eigenvalue weighted by Crippen LogP contribution is -2.13. The summed E-state index contributed by atoms with van der Waals surface area (Å²) in [6, 6.07) is 13.6. The van der Waals surface area contributed by atoms with Gasteiger partial charge in [0.05, 0.1) is 11.5 Å². The maximum absolute atomic E-state index is 11.9. The fourth-order valence-corrected chi connectivity index (χ4v) is 2.78. The summed E-state index contributed by atoms with van der Waals surface area (Å²) in [5.41, 5.74) is 7.27. The molecule has 0 aliphatic rings. The van der Waals surface area contributed by atoms with Gasteiger partial charge in [-0.25, -0.2) is 8.42 Å². The normalized spacial score (nSPS) is 11.1. The first-order valence-corrected chi connectivity index (χ1v) is 9.79. The van der Waals surface area contributed by atoms with Gasteiger partial charge in [-0.3, -0.25) is 4.79 Å². The van der Waals surface area contributed by atoms with Gasteiger partial charge in [-0.1, -0.05) is 12.1 Å². The lowest BCUT2D eigenvalue weighted by Gasteiger charge is -2.08. The molecule has 0 aliphatic carbocycles. The molecule has 134 valence electrons. The minimum absolute atomic E-state index is 0.0866. The van der Waals surface area contributed by atoms with Crippen LogP contribution in [0.2, 0.25) is 0 Å². The van der Waals surface area contributed by atoms with Crippen LogP contribution >= 0.6 is 0 Å². The molecular formula is C18H22N2O4S. The molecule has 0 unspecified atom stereocenters. The van der Waals surface area contributed by atoms with Crippen LogP contribution in [-0.4, -0.2) is 27.2 Å². The molecule has 0 aliphatic heterocycles. The molecule has 2 aromatic carbocycles. The van der Waals surface area contributed by atoms with Crippen molar-refractivity contribution in [1.82, 2.24) is 0 Å². The number of carbonyl (C=O) groups is 1. The molecule has 0 bridgehead atoms. The second-order valence-electron chi connectivity index (χ2n) is 5.64. The molecule has 25 heavy (non-hydrogen) atoms. The highest BCUT2D eigenvalue weighted by Gasteiger charge is 2.07. The Balaban J connectivity index is 1.72. The van der Waals surface area contributed by atoms with Gasteiger partial charge in [0, 0.05) is 24.9 Å². The Morgan fingerprint density at radius 3 is 2.28 bits per heavy atom. The largest absolute Gasteiger partial charge is 0.494 e. The summed E-state index contributed by atoms with van der Waals surface area (Å²) in [5, 5.41) is 2.81. The van der Waals surface area contributed by atoms with Crippen LogP contribution in [0.5, 0.6) is 5.75 Å². The molecule has 0 atom stereocenters. The first-order chi connectivity index (χ1) is 11.9. The van der Waals surface area contributed by atoms with Gasteiger partial charge < -0.3 is 15.8 Å². The summed E-state index contributed by atoms with van der Waals surface area (Å²) in [4.78, 5) is 12.1. The van der Waals surface area contributed by atoms with Crippen molar-refractivity contribution in [2.24, 2.45) is 5.73 Å². The van der Waals surface area contributed by atoms with Crippen molar-refractivity contribution in [2.45, 2.75) is 24.3 Å². The van der Waals surface area contributed by atoms with E-state index in [1.54, 1.807) is 12.1 Å². The summed E-state index contributed by atoms with van der Waals surface area (Å²) in [6.45, 7) is 0.842. The van der Waals surface area contributed by atoms with E-state index in [1.165, 1.54) is 12.1 Å². The topological polar surface area (TPSA) is 98.5 Å². The molecule has 1 amide bonds. The van der Waals surface area contributed by atoms with Gasteiger partial charge in [-0.15, -0.1) is 0 Å². The van der Waals surface area contributed by atoms with Crippen molar-refractivity contribution >= 4 is 21.4 Å². The fraction of sp³-hybridized carbons (Fsp3) is 0.278. The van der Waals surface area contributed by atoms with Crippen LogP contribution in [0.15, 0.2) is 53.4 Å². The lowest BCUT2D eigenvalue weighted by molar-refractivity contribution is -0.116. The van der Waals surface area contributed by atoms with E-state index in [4.69, 9.17) is 10.5 Å². The minimum Gasteiger partial charge on any atom is -0.494 e. The van der Waals surface area contributed by atoms with Crippen LogP contribution in [0.25, 0.3) is 0 Å². The zero-order chi connectivity index (χ0) is 18.3. The third-order valence-electron chi connectivity index (χ3n) is 3.54. The zero-order valence-corrected chi connectivity index (χ0v) is 14.9. The van der Waals surface area contributed by atoms with Crippen molar-refractivity contribution < 1.29 is 17.9 Å². The van der Waals surface area contributed by atoms with Gasteiger partial charge in [0.15, 0.2) is 9.84 Å². The average Bonchev–Trinajstić information content (AvgIpc) is 2.59. The maximum atomic E-state index is 11.9. The van der Waals surface area contributed by atoms with Crippen LogP contribution < -0.4 is 15.8 Å². The van der Waals surface area contributed by atoms with Gasteiger partial charge in [0.2, 0.25) is 5.91 Å². The summed E-state index contributed by atoms with van der Waals surface area (Å²) >= 11 is 0. The van der Waals surface area contributed by atoms with Gasteiger partial charge >= 0.3 is 0 Å². The Bertz CT molecular complexity index is 800. The van der Waals surface area contributed by atoms with Crippen molar-refractivity contribution in [3.63, 3.8) is 0 Å². The molecule has 6 nitrogen and oxygen atoms in total. The molecule has 0 fully saturated rings. The van der Waals surface area contributed by atoms with E-state index < -0.39 is 9.84 Å². The first kappa shape index (κ1) is 19.0. The monoisotopic (exact) mass is 362 g/mol. The highest BCUT2D eigenvalue weighted by atomic mass is 32.2. The van der Waals surface area contributed by atoms with E-state index in [1.807, 2.05) is 24.3 Å². The highest BCUT2D eigenvalue weighted by Crippen LogP contribution is 2.16. The van der Waals surface area contributed by atoms with Crippen LogP contribution in [0.4, 0.5) is 5.69 Å². The van der Waals surface area contributed by atoms with E-state index in [0.717, 1.165) is 17.5 Å². The van der Waals surface area contributed by atoms with Crippen LogP contribution in [-0.2, 0) is 21.2 Å². The van der Waals surface area contributed by atoms with E-state index >= 15 is 0 Å². The van der Waals surface area contributed by atoms with Crippen LogP contribution in [0.3, 0.4) is 0 Å². The number of nitrogens with two attached hydrogens (primary N) is 1. The Labute approximate surface area is 147 Å². The second-order valence-corrected chi connectivity index (χ2v) is 7.66. The number of rotatable bonds is 8. The number of amides is 1. The van der Waals surface area contributed by atoms with Gasteiger partial charge in [-0.2, -0.15) is 0 Å². The summed E-state index contributed by atoms with van der Waals surface area (Å²) in [6.07, 6.45) is 2.05. The lowest BCUT2D eigenvalue weighted by atomic mass is 10.2. The van der Waals surface area contributed by atoms with Crippen LogP contribution in [0, 0.1) is 0 Å². The average molecular weight is 362 g/mol. The maximum Gasteiger partial charge on any atom is 0.224 e. The molecule has 7 heteroatoms. The highest BCUT2D eigenvalue weighted by molar-refractivity contribution is 7.90. The Morgan fingerprint density at radius 1 is 1.08 bits per heavy atom. The number of hydrogen-bond acceptors (Lipinski definition) is 5. The third-order valence-corrected chi connectivity index (χ3v) is 4.67. The molecule has 0 saturated heterocycles. The Morgan fingerprint density at radius 2 is 1.72 bits per heavy atom. The van der Waals surface area contributed by atoms with Crippen molar-refractivity contribution in [1.29, 1.82) is 0 Å². The zero-order valence-electron chi connectivity index (χ0n) is 14.1. The SMILES string of the molecule is CS(=O)(=O)c1ccc(OCCCC(=O)Nc2ccc(CN)cc2)cc1. The van der Waals surface area contributed by atoms with E-state index in [0.29, 0.717) is 31.7 Å². The van der Waals surface area contributed by atoms with E-state index in [9.17, 15) is 13.2 Å². The predicted molar refractivity (Wildman–Crippen MR) is 97.2 cm³/mol. The summed E-state index contributed by atoms with van der Waals surface area (Å²) < 4.78 is 28.3. The molecule has 3 N–H and O–H groups in total. The first-order valence-electron chi connectivity index (χ1n) is 7.90. The predicted octanol–water partition coefficient (Wildman–Crippen LogP) is 2.35. The summed E-state index contributed by atoms with van der Waals surface area (Å²) in [7, 11) is -3.21. The molecule has 0 spiro atoms. The smallest absolute Gasteiger partial charge is 0.224 e. The van der Waals surface area contributed by atoms with Gasteiger partial charge in [-0.05, 0) is 48.4 Å². The number of benzene rings is 2. The molecule has 0 heterocycles. The number of sulfone groups is 1. The Hall–Kier alpha value is -2.38. The van der Waals surface area contributed by atoms with Crippen molar-refractivity contribution in [2.75, 3.05) is 18.2 Å². The van der Waals surface area contributed by atoms with Crippen molar-refractivity contribution in [3.05, 3.63) is 54.1 Å². The number of anilines is 1. The number of carbonyl (C=O) groups excluding carboxylic acids is 1. The van der Waals surface area contributed by atoms with Crippen LogP contribution in [0.1, 0.15) is 18.4 Å². The Kier molecular flexibility index (Phi) is 6.55. The van der Waals surface area contributed by atoms with Gasteiger partial charge in [0.25, 0.3) is 0 Å². The number of ether oxygens (including phenoxy) is 1. The summed E-state index contributed by atoms with van der Waals surface area (Å²) in [5.74, 6) is 0.488. The second kappa shape index (κ2) is 8.64. The fourth-order valence-electron chi connectivity index (χ4n) is 2.15. The number of hydrogen-bond donors (Lipinski definition) is 2. The number of nitrogens with one attached hydrogen (secondary N) is 1. The van der Waals surface area contributed by atoms with Gasteiger partial charge in [0.1, 0.15) is 5.75 Å². The molecule has 0 radical (unpaired) electrons. The molecule has 0 saturated carbocycles. The van der Waals surface area contributed by atoms with E-state index in [2.05, 4.69) is 5.32 Å².